The van der Waals surface area contributed by atoms with Gasteiger partial charge in [-0.25, -0.2) is 0 Å². The molecule has 12 heteroatoms. The summed E-state index contributed by atoms with van der Waals surface area (Å²) in [4.78, 5) is 25.4. The number of H-pyrrole nitrogens is 1. The minimum atomic E-state index is -4.49. The molecule has 3 aromatic rings. The molecule has 1 amide bonds. The second-order valence-corrected chi connectivity index (χ2v) is 5.71. The van der Waals surface area contributed by atoms with Gasteiger partial charge in [0, 0.05) is 5.69 Å². The van der Waals surface area contributed by atoms with Gasteiger partial charge in [0.2, 0.25) is 11.1 Å². The van der Waals surface area contributed by atoms with E-state index in [1.807, 2.05) is 0 Å². The number of hydrogen-bond acceptors (Lipinski definition) is 6. The van der Waals surface area contributed by atoms with Crippen LogP contribution >= 0.6 is 11.8 Å². The molecule has 0 fully saturated rings. The Hall–Kier alpha value is -2.89. The van der Waals surface area contributed by atoms with Crippen molar-refractivity contribution >= 4 is 29.1 Å². The van der Waals surface area contributed by atoms with Crippen LogP contribution in [0.4, 0.5) is 18.9 Å². The molecule has 2 N–H and O–H groups in total. The average Bonchev–Trinajstić information content (AvgIpc) is 2.94. The van der Waals surface area contributed by atoms with Gasteiger partial charge in [0.1, 0.15) is 6.20 Å². The number of amides is 1. The molecule has 0 unspecified atom stereocenters. The Bertz CT molecular complexity index is 984. The molecule has 0 bridgehead atoms. The third-order valence-electron chi connectivity index (χ3n) is 2.94. The molecular weight excluding hydrogens is 361 g/mol. The van der Waals surface area contributed by atoms with Gasteiger partial charge in [0.05, 0.1) is 11.3 Å². The number of carbonyl (C=O) groups is 1. The number of anilines is 1. The smallest absolute Gasteiger partial charge is 0.325 e. The lowest BCUT2D eigenvalue weighted by Gasteiger charge is -2.09. The number of nitrogens with one attached hydrogen (secondary N) is 2. The Morgan fingerprint density at radius 3 is 2.88 bits per heavy atom. The van der Waals surface area contributed by atoms with Crippen molar-refractivity contribution in [1.29, 1.82) is 0 Å². The monoisotopic (exact) mass is 370 g/mol. The fraction of sp³-hybridized carbons (Fsp3) is 0.154. The second-order valence-electron chi connectivity index (χ2n) is 4.77. The van der Waals surface area contributed by atoms with E-state index in [0.29, 0.717) is 0 Å². The number of fused-ring (bicyclic) bond motifs is 1. The standard InChI is InChI=1S/C13H9F3N6O2S/c14-13(15,16)7-2-1-3-8(4-7)18-10(24)6-25-12-21-20-11-19-9(23)5-17-22(11)12/h1-5H,6H2,(H,18,24)(H,19,20,23). The van der Waals surface area contributed by atoms with Gasteiger partial charge in [0.15, 0.2) is 0 Å². The van der Waals surface area contributed by atoms with Crippen molar-refractivity contribution in [1.82, 2.24) is 24.8 Å². The van der Waals surface area contributed by atoms with Gasteiger partial charge < -0.3 is 5.32 Å². The van der Waals surface area contributed by atoms with Crippen molar-refractivity contribution in [2.45, 2.75) is 11.3 Å². The van der Waals surface area contributed by atoms with Crippen LogP contribution in [0.5, 0.6) is 0 Å². The van der Waals surface area contributed by atoms with Crippen molar-refractivity contribution < 1.29 is 18.0 Å². The van der Waals surface area contributed by atoms with Crippen LogP contribution < -0.4 is 10.9 Å². The quantitative estimate of drug-likeness (QED) is 0.676. The van der Waals surface area contributed by atoms with E-state index in [4.69, 9.17) is 0 Å². The summed E-state index contributed by atoms with van der Waals surface area (Å²) < 4.78 is 39.2. The van der Waals surface area contributed by atoms with Gasteiger partial charge in [-0.1, -0.05) is 17.8 Å². The van der Waals surface area contributed by atoms with Crippen molar-refractivity contribution in [2.75, 3.05) is 11.1 Å². The van der Waals surface area contributed by atoms with Crippen LogP contribution in [-0.2, 0) is 11.0 Å². The molecule has 2 aromatic heterocycles. The second kappa shape index (κ2) is 6.55. The van der Waals surface area contributed by atoms with E-state index >= 15 is 0 Å². The lowest BCUT2D eigenvalue weighted by Crippen LogP contribution is -2.15. The maximum absolute atomic E-state index is 12.6. The van der Waals surface area contributed by atoms with Gasteiger partial charge in [-0.3, -0.25) is 14.6 Å². The third-order valence-corrected chi connectivity index (χ3v) is 3.86. The van der Waals surface area contributed by atoms with Crippen LogP contribution in [0.2, 0.25) is 0 Å². The molecule has 25 heavy (non-hydrogen) atoms. The van der Waals surface area contributed by atoms with Gasteiger partial charge in [-0.05, 0) is 18.2 Å². The Labute approximate surface area is 141 Å². The average molecular weight is 370 g/mol. The van der Waals surface area contributed by atoms with Crippen molar-refractivity contribution in [3.8, 4) is 0 Å². The number of nitrogens with zero attached hydrogens (tertiary/aromatic N) is 4. The van der Waals surface area contributed by atoms with Crippen LogP contribution in [0.25, 0.3) is 5.78 Å². The number of halogens is 3. The third kappa shape index (κ3) is 3.96. The Balaban J connectivity index is 1.66. The first-order valence-corrected chi connectivity index (χ1v) is 7.72. The van der Waals surface area contributed by atoms with Crippen molar-refractivity contribution in [3.63, 3.8) is 0 Å². The van der Waals surface area contributed by atoms with Crippen molar-refractivity contribution in [2.24, 2.45) is 0 Å². The molecule has 8 nitrogen and oxygen atoms in total. The van der Waals surface area contributed by atoms with Gasteiger partial charge in [-0.2, -0.15) is 22.8 Å². The molecule has 0 radical (unpaired) electrons. The van der Waals surface area contributed by atoms with Crippen molar-refractivity contribution in [3.05, 3.63) is 46.4 Å². The lowest BCUT2D eigenvalue weighted by atomic mass is 10.2. The highest BCUT2D eigenvalue weighted by molar-refractivity contribution is 7.99. The number of aromatic amines is 1. The number of benzene rings is 1. The number of rotatable bonds is 4. The molecular formula is C13H9F3N6O2S. The minimum Gasteiger partial charge on any atom is -0.325 e. The zero-order valence-electron chi connectivity index (χ0n) is 12.2. The zero-order valence-corrected chi connectivity index (χ0v) is 13.1. The maximum atomic E-state index is 12.6. The highest BCUT2D eigenvalue weighted by Gasteiger charge is 2.30. The number of carbonyl (C=O) groups excluding carboxylic acids is 1. The van der Waals surface area contributed by atoms with Crippen LogP contribution in [0.15, 0.2) is 40.4 Å². The molecule has 0 aliphatic heterocycles. The predicted octanol–water partition coefficient (Wildman–Crippen LogP) is 1.56. The molecule has 1 aromatic carbocycles. The summed E-state index contributed by atoms with van der Waals surface area (Å²) in [6, 6.07) is 4.33. The number of hydrogen-bond donors (Lipinski definition) is 2. The van der Waals surface area contributed by atoms with Crippen LogP contribution in [0.3, 0.4) is 0 Å². The van der Waals surface area contributed by atoms with Gasteiger partial charge >= 0.3 is 6.18 Å². The Morgan fingerprint density at radius 2 is 2.12 bits per heavy atom. The molecule has 130 valence electrons. The maximum Gasteiger partial charge on any atom is 0.416 e. The largest absolute Gasteiger partial charge is 0.416 e. The molecule has 0 saturated carbocycles. The number of aromatic nitrogens is 5. The fourth-order valence-electron chi connectivity index (χ4n) is 1.89. The fourth-order valence-corrected chi connectivity index (χ4v) is 2.58. The molecule has 3 rings (SSSR count). The molecule has 0 aliphatic rings. The first-order valence-electron chi connectivity index (χ1n) is 6.73. The van der Waals surface area contributed by atoms with Crippen LogP contribution in [-0.4, -0.2) is 36.5 Å². The Kier molecular flexibility index (Phi) is 4.44. The van der Waals surface area contributed by atoms with Crippen LogP contribution in [0.1, 0.15) is 5.56 Å². The topological polar surface area (TPSA) is 105 Å². The summed E-state index contributed by atoms with van der Waals surface area (Å²) in [5, 5.41) is 13.9. The highest BCUT2D eigenvalue weighted by atomic mass is 32.2. The summed E-state index contributed by atoms with van der Waals surface area (Å²) >= 11 is 0.970. The van der Waals surface area contributed by atoms with Crippen LogP contribution in [0, 0.1) is 0 Å². The van der Waals surface area contributed by atoms with E-state index in [0.717, 1.165) is 30.1 Å². The normalized spacial score (nSPS) is 11.6. The van der Waals surface area contributed by atoms with E-state index in [-0.39, 0.29) is 22.4 Å². The van der Waals surface area contributed by atoms with E-state index in [2.05, 4.69) is 25.6 Å². The lowest BCUT2D eigenvalue weighted by molar-refractivity contribution is -0.137. The number of thioether (sulfide) groups is 1. The SMILES string of the molecule is O=C(CSc1nnc2[nH]c(=O)cnn12)Nc1cccc(C(F)(F)F)c1. The summed E-state index contributed by atoms with van der Waals surface area (Å²) in [5.74, 6) is -0.531. The minimum absolute atomic E-state index is 0.0361. The van der Waals surface area contributed by atoms with E-state index < -0.39 is 23.2 Å². The summed E-state index contributed by atoms with van der Waals surface area (Å²) in [7, 11) is 0. The first-order chi connectivity index (χ1) is 11.8. The Morgan fingerprint density at radius 1 is 1.32 bits per heavy atom. The highest BCUT2D eigenvalue weighted by Crippen LogP contribution is 2.30. The molecule has 2 heterocycles. The number of alkyl halides is 3. The zero-order chi connectivity index (χ0) is 18.0. The summed E-state index contributed by atoms with van der Waals surface area (Å²) in [5.41, 5.74) is -1.26. The molecule has 0 spiro atoms. The molecule has 0 aliphatic carbocycles. The first kappa shape index (κ1) is 17.0. The molecule has 0 atom stereocenters. The van der Waals surface area contributed by atoms with Gasteiger partial charge in [-0.15, -0.1) is 10.2 Å². The molecule has 0 saturated heterocycles. The van der Waals surface area contributed by atoms with Gasteiger partial charge in [0.25, 0.3) is 11.3 Å². The summed E-state index contributed by atoms with van der Waals surface area (Å²) in [6.07, 6.45) is -3.46. The van der Waals surface area contributed by atoms with E-state index in [1.54, 1.807) is 0 Å². The van der Waals surface area contributed by atoms with E-state index in [1.165, 1.54) is 16.6 Å². The van der Waals surface area contributed by atoms with E-state index in [9.17, 15) is 22.8 Å². The predicted molar refractivity (Wildman–Crippen MR) is 82.2 cm³/mol. The summed E-state index contributed by atoms with van der Waals surface area (Å²) in [6.45, 7) is 0.